The SMILES string of the molecule is NCC(NN1CCCCC1)c1csc2ccccc12. The number of nitrogens with one attached hydrogen (secondary N) is 1. The highest BCUT2D eigenvalue weighted by molar-refractivity contribution is 7.17. The Labute approximate surface area is 118 Å². The van der Waals surface area contributed by atoms with Gasteiger partial charge in [-0.05, 0) is 35.2 Å². The molecule has 0 radical (unpaired) electrons. The van der Waals surface area contributed by atoms with E-state index in [4.69, 9.17) is 5.73 Å². The van der Waals surface area contributed by atoms with Gasteiger partial charge in [-0.15, -0.1) is 11.3 Å². The monoisotopic (exact) mass is 275 g/mol. The standard InChI is InChI=1S/C15H21N3S/c16-10-14(17-18-8-4-1-5-9-18)13-11-19-15-7-3-2-6-12(13)15/h2-3,6-7,11,14,17H,1,4-5,8-10,16H2. The summed E-state index contributed by atoms with van der Waals surface area (Å²) in [6.07, 6.45) is 3.93. The van der Waals surface area contributed by atoms with E-state index in [0.29, 0.717) is 6.54 Å². The molecule has 4 heteroatoms. The third-order valence-electron chi connectivity index (χ3n) is 3.82. The topological polar surface area (TPSA) is 41.3 Å². The lowest BCUT2D eigenvalue weighted by Crippen LogP contribution is -2.45. The molecular weight excluding hydrogens is 254 g/mol. The minimum absolute atomic E-state index is 0.231. The zero-order chi connectivity index (χ0) is 13.1. The van der Waals surface area contributed by atoms with E-state index in [-0.39, 0.29) is 6.04 Å². The average Bonchev–Trinajstić information content (AvgIpc) is 2.90. The molecule has 1 aromatic carbocycles. The molecule has 19 heavy (non-hydrogen) atoms. The first-order valence-corrected chi connectivity index (χ1v) is 7.94. The Morgan fingerprint density at radius 2 is 2.00 bits per heavy atom. The van der Waals surface area contributed by atoms with Crippen molar-refractivity contribution in [3.63, 3.8) is 0 Å². The summed E-state index contributed by atoms with van der Waals surface area (Å²) in [6.45, 7) is 2.91. The first-order valence-electron chi connectivity index (χ1n) is 7.06. The normalized spacial score (nSPS) is 18.8. The summed E-state index contributed by atoms with van der Waals surface area (Å²) >= 11 is 1.81. The molecule has 2 aromatic rings. The maximum Gasteiger partial charge on any atom is 0.0601 e. The second-order valence-electron chi connectivity index (χ2n) is 5.15. The number of nitrogens with two attached hydrogens (primary N) is 1. The number of hydrogen-bond donors (Lipinski definition) is 2. The summed E-state index contributed by atoms with van der Waals surface area (Å²) in [4.78, 5) is 0. The van der Waals surface area contributed by atoms with Gasteiger partial charge in [-0.25, -0.2) is 10.4 Å². The fourth-order valence-electron chi connectivity index (χ4n) is 2.76. The predicted octanol–water partition coefficient (Wildman–Crippen LogP) is 2.89. The first-order chi connectivity index (χ1) is 9.38. The van der Waals surface area contributed by atoms with E-state index in [0.717, 1.165) is 13.1 Å². The number of thiophene rings is 1. The summed E-state index contributed by atoms with van der Waals surface area (Å²) in [5.41, 5.74) is 10.9. The van der Waals surface area contributed by atoms with Crippen molar-refractivity contribution in [1.29, 1.82) is 0 Å². The molecule has 1 aliphatic heterocycles. The van der Waals surface area contributed by atoms with Crippen LogP contribution in [0.5, 0.6) is 0 Å². The number of piperidine rings is 1. The maximum absolute atomic E-state index is 5.99. The molecule has 0 aliphatic carbocycles. The molecule has 2 heterocycles. The lowest BCUT2D eigenvalue weighted by Gasteiger charge is -2.31. The van der Waals surface area contributed by atoms with Crippen LogP contribution >= 0.6 is 11.3 Å². The van der Waals surface area contributed by atoms with E-state index in [2.05, 4.69) is 40.1 Å². The van der Waals surface area contributed by atoms with E-state index in [1.54, 1.807) is 11.3 Å². The summed E-state index contributed by atoms with van der Waals surface area (Å²) in [6, 6.07) is 8.81. The van der Waals surface area contributed by atoms with E-state index in [1.165, 1.54) is 34.9 Å². The fraction of sp³-hybridized carbons (Fsp3) is 0.467. The molecule has 1 aliphatic rings. The molecular formula is C15H21N3S. The zero-order valence-electron chi connectivity index (χ0n) is 11.1. The van der Waals surface area contributed by atoms with Gasteiger partial charge in [0, 0.05) is 24.3 Å². The van der Waals surface area contributed by atoms with Crippen LogP contribution in [-0.2, 0) is 0 Å². The number of benzene rings is 1. The van der Waals surface area contributed by atoms with E-state index in [1.807, 2.05) is 0 Å². The van der Waals surface area contributed by atoms with Gasteiger partial charge in [-0.3, -0.25) is 0 Å². The molecule has 1 aromatic heterocycles. The highest BCUT2D eigenvalue weighted by atomic mass is 32.1. The smallest absolute Gasteiger partial charge is 0.0601 e. The Morgan fingerprint density at radius 3 is 2.79 bits per heavy atom. The molecule has 1 saturated heterocycles. The minimum Gasteiger partial charge on any atom is -0.329 e. The summed E-state index contributed by atoms with van der Waals surface area (Å²) in [5, 5.41) is 5.93. The van der Waals surface area contributed by atoms with Crippen molar-refractivity contribution < 1.29 is 0 Å². The van der Waals surface area contributed by atoms with E-state index >= 15 is 0 Å². The van der Waals surface area contributed by atoms with Gasteiger partial charge in [-0.2, -0.15) is 0 Å². The van der Waals surface area contributed by atoms with Gasteiger partial charge < -0.3 is 5.73 Å². The van der Waals surface area contributed by atoms with Crippen molar-refractivity contribution in [2.45, 2.75) is 25.3 Å². The molecule has 0 bridgehead atoms. The molecule has 0 amide bonds. The molecule has 1 atom stereocenters. The molecule has 102 valence electrons. The van der Waals surface area contributed by atoms with Gasteiger partial charge in [-0.1, -0.05) is 24.6 Å². The second kappa shape index (κ2) is 6.01. The molecule has 3 rings (SSSR count). The van der Waals surface area contributed by atoms with Crippen molar-refractivity contribution >= 4 is 21.4 Å². The highest BCUT2D eigenvalue weighted by Crippen LogP contribution is 2.30. The largest absolute Gasteiger partial charge is 0.329 e. The second-order valence-corrected chi connectivity index (χ2v) is 6.06. The summed E-state index contributed by atoms with van der Waals surface area (Å²) in [5.74, 6) is 0. The van der Waals surface area contributed by atoms with Crippen LogP contribution in [0.3, 0.4) is 0 Å². The quantitative estimate of drug-likeness (QED) is 0.901. The van der Waals surface area contributed by atoms with Crippen molar-refractivity contribution in [2.75, 3.05) is 19.6 Å². The van der Waals surface area contributed by atoms with Gasteiger partial charge in [0.05, 0.1) is 6.04 Å². The Morgan fingerprint density at radius 1 is 1.21 bits per heavy atom. The highest BCUT2D eigenvalue weighted by Gasteiger charge is 2.18. The first kappa shape index (κ1) is 13.1. The van der Waals surface area contributed by atoms with E-state index in [9.17, 15) is 0 Å². The van der Waals surface area contributed by atoms with Gasteiger partial charge in [0.2, 0.25) is 0 Å². The number of fused-ring (bicyclic) bond motifs is 1. The van der Waals surface area contributed by atoms with Crippen molar-refractivity contribution in [1.82, 2.24) is 10.4 Å². The Kier molecular flexibility index (Phi) is 4.13. The zero-order valence-corrected chi connectivity index (χ0v) is 12.0. The molecule has 0 saturated carbocycles. The molecule has 0 spiro atoms. The molecule has 1 unspecified atom stereocenters. The van der Waals surface area contributed by atoms with Gasteiger partial charge in [0.1, 0.15) is 0 Å². The fourth-order valence-corrected chi connectivity index (χ4v) is 3.78. The maximum atomic E-state index is 5.99. The van der Waals surface area contributed by atoms with Crippen LogP contribution in [0.15, 0.2) is 29.6 Å². The van der Waals surface area contributed by atoms with Crippen LogP contribution in [0.1, 0.15) is 30.9 Å². The number of rotatable bonds is 4. The van der Waals surface area contributed by atoms with Gasteiger partial charge in [0.15, 0.2) is 0 Å². The third kappa shape index (κ3) is 2.82. The molecule has 3 N–H and O–H groups in total. The molecule has 1 fully saturated rings. The average molecular weight is 275 g/mol. The van der Waals surface area contributed by atoms with Crippen LogP contribution < -0.4 is 11.2 Å². The minimum atomic E-state index is 0.231. The van der Waals surface area contributed by atoms with Crippen LogP contribution in [0.25, 0.3) is 10.1 Å². The van der Waals surface area contributed by atoms with Crippen molar-refractivity contribution in [2.24, 2.45) is 5.73 Å². The van der Waals surface area contributed by atoms with Crippen LogP contribution in [0.4, 0.5) is 0 Å². The van der Waals surface area contributed by atoms with Crippen LogP contribution in [0, 0.1) is 0 Å². The number of hydrazine groups is 1. The van der Waals surface area contributed by atoms with Gasteiger partial charge >= 0.3 is 0 Å². The summed E-state index contributed by atoms with van der Waals surface area (Å²) < 4.78 is 1.34. The van der Waals surface area contributed by atoms with Gasteiger partial charge in [0.25, 0.3) is 0 Å². The van der Waals surface area contributed by atoms with Crippen molar-refractivity contribution in [3.05, 3.63) is 35.2 Å². The Hall–Kier alpha value is -0.940. The summed E-state index contributed by atoms with van der Waals surface area (Å²) in [7, 11) is 0. The number of nitrogens with zero attached hydrogens (tertiary/aromatic N) is 1. The molecule has 3 nitrogen and oxygen atoms in total. The Balaban J connectivity index is 1.81. The third-order valence-corrected chi connectivity index (χ3v) is 4.80. The van der Waals surface area contributed by atoms with Crippen LogP contribution in [-0.4, -0.2) is 24.6 Å². The lowest BCUT2D eigenvalue weighted by molar-refractivity contribution is 0.130. The van der Waals surface area contributed by atoms with E-state index < -0.39 is 0 Å². The van der Waals surface area contributed by atoms with Crippen LogP contribution in [0.2, 0.25) is 0 Å². The van der Waals surface area contributed by atoms with Crippen molar-refractivity contribution in [3.8, 4) is 0 Å². The number of hydrogen-bond acceptors (Lipinski definition) is 4. The Bertz CT molecular complexity index is 531. The lowest BCUT2D eigenvalue weighted by atomic mass is 10.1. The predicted molar refractivity (Wildman–Crippen MR) is 82.2 cm³/mol.